The average Bonchev–Trinajstić information content (AvgIpc) is 2.29. The smallest absolute Gasteiger partial charge is 0.243 e. The Morgan fingerprint density at radius 3 is 2.62 bits per heavy atom. The first-order valence-corrected chi connectivity index (χ1v) is 4.81. The minimum Gasteiger partial charge on any atom is -0.380 e. The van der Waals surface area contributed by atoms with Crippen molar-refractivity contribution in [1.82, 2.24) is 5.32 Å². The van der Waals surface area contributed by atoms with Crippen LogP contribution in [-0.4, -0.2) is 26.0 Å². The van der Waals surface area contributed by atoms with Crippen LogP contribution < -0.4 is 10.6 Å². The summed E-state index contributed by atoms with van der Waals surface area (Å²) < 4.78 is 4.97. The van der Waals surface area contributed by atoms with Gasteiger partial charge in [-0.3, -0.25) is 9.59 Å². The van der Waals surface area contributed by atoms with Crippen molar-refractivity contribution >= 4 is 18.0 Å². The van der Waals surface area contributed by atoms with Crippen molar-refractivity contribution in [3.8, 4) is 0 Å². The highest BCUT2D eigenvalue weighted by Crippen LogP contribution is 2.09. The van der Waals surface area contributed by atoms with Crippen LogP contribution in [0.3, 0.4) is 0 Å². The summed E-state index contributed by atoms with van der Waals surface area (Å²) in [7, 11) is 1.63. The van der Waals surface area contributed by atoms with E-state index in [2.05, 4.69) is 10.6 Å². The summed E-state index contributed by atoms with van der Waals surface area (Å²) in [5.41, 5.74) is 1.73. The molecule has 2 amide bonds. The molecule has 1 aromatic carbocycles. The molecule has 0 aliphatic rings. The largest absolute Gasteiger partial charge is 0.380 e. The minimum absolute atomic E-state index is 0.0245. The number of anilines is 1. The van der Waals surface area contributed by atoms with Gasteiger partial charge in [0.05, 0.1) is 13.2 Å². The first-order chi connectivity index (χ1) is 7.76. The Morgan fingerprint density at radius 2 is 2.06 bits per heavy atom. The van der Waals surface area contributed by atoms with Crippen molar-refractivity contribution < 1.29 is 14.3 Å². The van der Waals surface area contributed by atoms with Crippen LogP contribution in [0.1, 0.15) is 5.56 Å². The number of hydrogen-bond acceptors (Lipinski definition) is 3. The van der Waals surface area contributed by atoms with Gasteiger partial charge in [-0.15, -0.1) is 0 Å². The number of amides is 2. The lowest BCUT2D eigenvalue weighted by molar-refractivity contribution is -0.118. The lowest BCUT2D eigenvalue weighted by Crippen LogP contribution is -2.26. The predicted molar refractivity (Wildman–Crippen MR) is 59.9 cm³/mol. The van der Waals surface area contributed by atoms with Gasteiger partial charge in [0.1, 0.15) is 0 Å². The molecule has 0 aliphatic heterocycles. The molecule has 2 N–H and O–H groups in total. The normalized spacial score (nSPS) is 9.56. The van der Waals surface area contributed by atoms with Gasteiger partial charge in [-0.1, -0.05) is 12.1 Å². The SMILES string of the molecule is COCc1ccc(NC(=O)CNC=O)cc1. The van der Waals surface area contributed by atoms with E-state index in [-0.39, 0.29) is 12.5 Å². The molecular weight excluding hydrogens is 208 g/mol. The fraction of sp³-hybridized carbons (Fsp3) is 0.273. The number of carbonyl (C=O) groups excluding carboxylic acids is 2. The summed E-state index contributed by atoms with van der Waals surface area (Å²) >= 11 is 0. The standard InChI is InChI=1S/C11H14N2O3/c1-16-7-9-2-4-10(5-3-9)13-11(15)6-12-8-14/h2-5,8H,6-7H2,1H3,(H,12,14)(H,13,15). The quantitative estimate of drug-likeness (QED) is 0.689. The molecule has 0 saturated carbocycles. The zero-order valence-corrected chi connectivity index (χ0v) is 9.03. The van der Waals surface area contributed by atoms with E-state index in [1.807, 2.05) is 12.1 Å². The maximum absolute atomic E-state index is 11.2. The number of nitrogens with one attached hydrogen (secondary N) is 2. The van der Waals surface area contributed by atoms with Crippen molar-refractivity contribution in [2.75, 3.05) is 19.0 Å². The second kappa shape index (κ2) is 6.58. The molecule has 1 rings (SSSR count). The van der Waals surface area contributed by atoms with Crippen molar-refractivity contribution in [3.05, 3.63) is 29.8 Å². The summed E-state index contributed by atoms with van der Waals surface area (Å²) in [5, 5.41) is 4.93. The van der Waals surface area contributed by atoms with Crippen molar-refractivity contribution in [1.29, 1.82) is 0 Å². The van der Waals surface area contributed by atoms with E-state index in [1.165, 1.54) is 0 Å². The Morgan fingerprint density at radius 1 is 1.38 bits per heavy atom. The lowest BCUT2D eigenvalue weighted by atomic mass is 10.2. The molecule has 0 saturated heterocycles. The summed E-state index contributed by atoms with van der Waals surface area (Å²) in [6.45, 7) is 0.518. The number of benzene rings is 1. The molecule has 1 aromatic rings. The fourth-order valence-corrected chi connectivity index (χ4v) is 1.19. The van der Waals surface area contributed by atoms with Gasteiger partial charge in [0.2, 0.25) is 12.3 Å². The molecule has 0 bridgehead atoms. The van der Waals surface area contributed by atoms with Gasteiger partial charge in [-0.2, -0.15) is 0 Å². The Labute approximate surface area is 93.8 Å². The van der Waals surface area contributed by atoms with Crippen molar-refractivity contribution in [2.45, 2.75) is 6.61 Å². The third-order valence-corrected chi connectivity index (χ3v) is 1.89. The van der Waals surface area contributed by atoms with Crippen LogP contribution in [-0.2, 0) is 20.9 Å². The number of carbonyl (C=O) groups is 2. The van der Waals surface area contributed by atoms with Gasteiger partial charge in [0.25, 0.3) is 0 Å². The van der Waals surface area contributed by atoms with Gasteiger partial charge in [-0.25, -0.2) is 0 Å². The molecular formula is C11H14N2O3. The Balaban J connectivity index is 2.48. The first kappa shape index (κ1) is 12.2. The molecule has 0 fully saturated rings. The van der Waals surface area contributed by atoms with Gasteiger partial charge in [-0.05, 0) is 17.7 Å². The number of ether oxygens (including phenoxy) is 1. The fourth-order valence-electron chi connectivity index (χ4n) is 1.19. The average molecular weight is 222 g/mol. The molecule has 86 valence electrons. The molecule has 0 atom stereocenters. The van der Waals surface area contributed by atoms with E-state index < -0.39 is 0 Å². The second-order valence-electron chi connectivity index (χ2n) is 3.18. The number of rotatable bonds is 6. The molecule has 5 heteroatoms. The molecule has 0 aromatic heterocycles. The zero-order chi connectivity index (χ0) is 11.8. The minimum atomic E-state index is -0.258. The van der Waals surface area contributed by atoms with E-state index in [9.17, 15) is 9.59 Å². The Hall–Kier alpha value is -1.88. The highest BCUT2D eigenvalue weighted by atomic mass is 16.5. The summed E-state index contributed by atoms with van der Waals surface area (Å²) in [5.74, 6) is -0.258. The van der Waals surface area contributed by atoms with Crippen LogP contribution in [0.5, 0.6) is 0 Å². The zero-order valence-electron chi connectivity index (χ0n) is 9.03. The van der Waals surface area contributed by atoms with E-state index in [1.54, 1.807) is 19.2 Å². The van der Waals surface area contributed by atoms with Gasteiger partial charge in [0.15, 0.2) is 0 Å². The van der Waals surface area contributed by atoms with Crippen LogP contribution in [0.25, 0.3) is 0 Å². The first-order valence-electron chi connectivity index (χ1n) is 4.81. The van der Waals surface area contributed by atoms with E-state index in [0.717, 1.165) is 5.56 Å². The number of methoxy groups -OCH3 is 1. The van der Waals surface area contributed by atoms with Crippen LogP contribution >= 0.6 is 0 Å². The summed E-state index contributed by atoms with van der Waals surface area (Å²) in [6, 6.07) is 7.30. The van der Waals surface area contributed by atoms with Gasteiger partial charge >= 0.3 is 0 Å². The highest BCUT2D eigenvalue weighted by molar-refractivity contribution is 5.93. The molecule has 5 nitrogen and oxygen atoms in total. The van der Waals surface area contributed by atoms with Crippen molar-refractivity contribution in [2.24, 2.45) is 0 Å². The molecule has 0 spiro atoms. The van der Waals surface area contributed by atoms with E-state index in [4.69, 9.17) is 4.74 Å². The predicted octanol–water partition coefficient (Wildman–Crippen LogP) is 0.517. The van der Waals surface area contributed by atoms with Gasteiger partial charge < -0.3 is 15.4 Å². The summed E-state index contributed by atoms with van der Waals surface area (Å²) in [6.07, 6.45) is 0.487. The monoisotopic (exact) mass is 222 g/mol. The van der Waals surface area contributed by atoms with E-state index >= 15 is 0 Å². The van der Waals surface area contributed by atoms with Crippen LogP contribution in [0, 0.1) is 0 Å². The van der Waals surface area contributed by atoms with Crippen LogP contribution in [0.15, 0.2) is 24.3 Å². The Kier molecular flexibility index (Phi) is 5.01. The third kappa shape index (κ3) is 4.10. The molecule has 0 aliphatic carbocycles. The maximum Gasteiger partial charge on any atom is 0.243 e. The second-order valence-corrected chi connectivity index (χ2v) is 3.18. The third-order valence-electron chi connectivity index (χ3n) is 1.89. The van der Waals surface area contributed by atoms with Gasteiger partial charge in [0, 0.05) is 12.8 Å². The number of hydrogen-bond donors (Lipinski definition) is 2. The lowest BCUT2D eigenvalue weighted by Gasteiger charge is -2.05. The van der Waals surface area contributed by atoms with Crippen molar-refractivity contribution in [3.63, 3.8) is 0 Å². The van der Waals surface area contributed by atoms with Crippen LogP contribution in [0.2, 0.25) is 0 Å². The highest BCUT2D eigenvalue weighted by Gasteiger charge is 2.00. The molecule has 16 heavy (non-hydrogen) atoms. The van der Waals surface area contributed by atoms with E-state index in [0.29, 0.717) is 18.7 Å². The molecule has 0 heterocycles. The topological polar surface area (TPSA) is 67.4 Å². The maximum atomic E-state index is 11.2. The Bertz CT molecular complexity index is 349. The van der Waals surface area contributed by atoms with Crippen LogP contribution in [0.4, 0.5) is 5.69 Å². The summed E-state index contributed by atoms with van der Waals surface area (Å²) in [4.78, 5) is 21.2. The molecule has 0 radical (unpaired) electrons. The molecule has 0 unspecified atom stereocenters.